The number of rotatable bonds is 5. The molecular formula is C12H14N4O3S. The monoisotopic (exact) mass is 294 g/mol. The van der Waals surface area contributed by atoms with Crippen LogP contribution in [-0.2, 0) is 11.3 Å². The lowest BCUT2D eigenvalue weighted by atomic mass is 10.3. The number of hydrogen-bond donors (Lipinski definition) is 2. The van der Waals surface area contributed by atoms with E-state index >= 15 is 0 Å². The molecule has 8 heteroatoms. The fraction of sp³-hybridized carbons (Fsp3) is 0.333. The Morgan fingerprint density at radius 3 is 2.85 bits per heavy atom. The van der Waals surface area contributed by atoms with Gasteiger partial charge in [0.1, 0.15) is 16.4 Å². The number of aromatic carboxylic acids is 1. The maximum Gasteiger partial charge on any atom is 0.347 e. The van der Waals surface area contributed by atoms with Crippen molar-refractivity contribution in [1.29, 1.82) is 0 Å². The molecule has 1 amide bonds. The predicted octanol–water partition coefficient (Wildman–Crippen LogP) is 1.22. The Balaban J connectivity index is 2.01. The zero-order valence-electron chi connectivity index (χ0n) is 11.0. The SMILES string of the molecule is Cc1nc(C(C)NC(=O)Cn2cccn2)sc1C(=O)O. The quantitative estimate of drug-likeness (QED) is 0.864. The van der Waals surface area contributed by atoms with Gasteiger partial charge in [-0.2, -0.15) is 5.10 Å². The first-order valence-corrected chi connectivity index (χ1v) is 6.76. The van der Waals surface area contributed by atoms with Crippen LogP contribution in [-0.4, -0.2) is 31.7 Å². The normalized spacial score (nSPS) is 12.1. The number of nitrogens with one attached hydrogen (secondary N) is 1. The molecule has 0 aliphatic rings. The van der Waals surface area contributed by atoms with Gasteiger partial charge in [-0.25, -0.2) is 9.78 Å². The lowest BCUT2D eigenvalue weighted by molar-refractivity contribution is -0.122. The number of carbonyl (C=O) groups is 2. The van der Waals surface area contributed by atoms with E-state index in [4.69, 9.17) is 5.11 Å². The Bertz CT molecular complexity index is 621. The molecule has 0 spiro atoms. The molecule has 0 bridgehead atoms. The minimum Gasteiger partial charge on any atom is -0.477 e. The van der Waals surface area contributed by atoms with Gasteiger partial charge in [-0.05, 0) is 19.9 Å². The first kappa shape index (κ1) is 14.2. The summed E-state index contributed by atoms with van der Waals surface area (Å²) in [6, 6.07) is 1.40. The molecule has 0 fully saturated rings. The lowest BCUT2D eigenvalue weighted by Crippen LogP contribution is -2.30. The maximum atomic E-state index is 11.8. The van der Waals surface area contributed by atoms with Gasteiger partial charge in [0, 0.05) is 12.4 Å². The van der Waals surface area contributed by atoms with Crippen LogP contribution < -0.4 is 5.32 Å². The van der Waals surface area contributed by atoms with Crippen LogP contribution in [0.25, 0.3) is 0 Å². The van der Waals surface area contributed by atoms with Crippen molar-refractivity contribution in [2.75, 3.05) is 0 Å². The van der Waals surface area contributed by atoms with Crippen LogP contribution in [0.4, 0.5) is 0 Å². The van der Waals surface area contributed by atoms with Gasteiger partial charge < -0.3 is 10.4 Å². The van der Waals surface area contributed by atoms with E-state index < -0.39 is 5.97 Å². The summed E-state index contributed by atoms with van der Waals surface area (Å²) in [5.74, 6) is -1.20. The summed E-state index contributed by atoms with van der Waals surface area (Å²) in [7, 11) is 0. The van der Waals surface area contributed by atoms with Crippen molar-refractivity contribution in [2.45, 2.75) is 26.4 Å². The second-order valence-electron chi connectivity index (χ2n) is 4.26. The Morgan fingerprint density at radius 1 is 1.55 bits per heavy atom. The van der Waals surface area contributed by atoms with E-state index in [9.17, 15) is 9.59 Å². The zero-order valence-corrected chi connectivity index (χ0v) is 11.8. The van der Waals surface area contributed by atoms with E-state index in [1.54, 1.807) is 32.3 Å². The highest BCUT2D eigenvalue weighted by atomic mass is 32.1. The fourth-order valence-electron chi connectivity index (χ4n) is 1.69. The van der Waals surface area contributed by atoms with Crippen LogP contribution in [0.3, 0.4) is 0 Å². The van der Waals surface area contributed by atoms with Crippen molar-refractivity contribution < 1.29 is 14.7 Å². The molecule has 0 aromatic carbocycles. The summed E-state index contributed by atoms with van der Waals surface area (Å²) in [5.41, 5.74) is 0.464. The van der Waals surface area contributed by atoms with Gasteiger partial charge in [0.15, 0.2) is 0 Å². The zero-order chi connectivity index (χ0) is 14.7. The van der Waals surface area contributed by atoms with Crippen LogP contribution in [0, 0.1) is 6.92 Å². The van der Waals surface area contributed by atoms with E-state index in [1.807, 2.05) is 0 Å². The van der Waals surface area contributed by atoms with Gasteiger partial charge >= 0.3 is 5.97 Å². The Labute approximate surface area is 119 Å². The second-order valence-corrected chi connectivity index (χ2v) is 5.30. The first-order valence-electron chi connectivity index (χ1n) is 5.94. The molecule has 0 aliphatic carbocycles. The Hall–Kier alpha value is -2.22. The number of carboxylic acid groups (broad SMARTS) is 1. The molecule has 2 aromatic rings. The molecule has 1 unspecified atom stereocenters. The summed E-state index contributed by atoms with van der Waals surface area (Å²) in [6.45, 7) is 3.53. The van der Waals surface area contributed by atoms with E-state index in [0.29, 0.717) is 10.7 Å². The van der Waals surface area contributed by atoms with E-state index in [-0.39, 0.29) is 23.4 Å². The van der Waals surface area contributed by atoms with Crippen molar-refractivity contribution in [1.82, 2.24) is 20.1 Å². The molecule has 20 heavy (non-hydrogen) atoms. The van der Waals surface area contributed by atoms with Gasteiger partial charge in [-0.15, -0.1) is 11.3 Å². The lowest BCUT2D eigenvalue weighted by Gasteiger charge is -2.11. The van der Waals surface area contributed by atoms with E-state index in [2.05, 4.69) is 15.4 Å². The summed E-state index contributed by atoms with van der Waals surface area (Å²) in [6.07, 6.45) is 3.29. The molecular weight excluding hydrogens is 280 g/mol. The van der Waals surface area contributed by atoms with Crippen LogP contribution in [0.1, 0.15) is 33.3 Å². The number of carboxylic acids is 1. The topological polar surface area (TPSA) is 97.1 Å². The number of thiazole rings is 1. The number of aromatic nitrogens is 3. The van der Waals surface area contributed by atoms with Crippen molar-refractivity contribution in [3.63, 3.8) is 0 Å². The van der Waals surface area contributed by atoms with Gasteiger partial charge in [-0.3, -0.25) is 9.48 Å². The smallest absolute Gasteiger partial charge is 0.347 e. The van der Waals surface area contributed by atoms with Crippen molar-refractivity contribution in [3.05, 3.63) is 34.0 Å². The van der Waals surface area contributed by atoms with E-state index in [1.165, 1.54) is 4.68 Å². The van der Waals surface area contributed by atoms with Gasteiger partial charge in [0.05, 0.1) is 11.7 Å². The molecule has 0 saturated carbocycles. The third-order valence-corrected chi connectivity index (χ3v) is 3.95. The van der Waals surface area contributed by atoms with Crippen LogP contribution in [0.15, 0.2) is 18.5 Å². The Kier molecular flexibility index (Phi) is 4.14. The Morgan fingerprint density at radius 2 is 2.30 bits per heavy atom. The summed E-state index contributed by atoms with van der Waals surface area (Å²) >= 11 is 1.08. The highest BCUT2D eigenvalue weighted by Gasteiger charge is 2.19. The summed E-state index contributed by atoms with van der Waals surface area (Å²) in [5, 5.41) is 16.3. The molecule has 1 atom stereocenters. The third kappa shape index (κ3) is 3.21. The second kappa shape index (κ2) is 5.83. The van der Waals surface area contributed by atoms with Crippen molar-refractivity contribution in [3.8, 4) is 0 Å². The highest BCUT2D eigenvalue weighted by Crippen LogP contribution is 2.23. The predicted molar refractivity (Wildman–Crippen MR) is 72.6 cm³/mol. The number of carbonyl (C=O) groups excluding carboxylic acids is 1. The molecule has 2 aromatic heterocycles. The average molecular weight is 294 g/mol. The van der Waals surface area contributed by atoms with Crippen LogP contribution in [0.2, 0.25) is 0 Å². The van der Waals surface area contributed by atoms with Gasteiger partial charge in [0.25, 0.3) is 0 Å². The number of hydrogen-bond acceptors (Lipinski definition) is 5. The highest BCUT2D eigenvalue weighted by molar-refractivity contribution is 7.13. The molecule has 0 radical (unpaired) electrons. The average Bonchev–Trinajstić information content (AvgIpc) is 2.98. The van der Waals surface area contributed by atoms with Gasteiger partial charge in [0.2, 0.25) is 5.91 Å². The van der Waals surface area contributed by atoms with Crippen molar-refractivity contribution in [2.24, 2.45) is 0 Å². The molecule has 2 N–H and O–H groups in total. The number of nitrogens with zero attached hydrogens (tertiary/aromatic N) is 3. The molecule has 106 valence electrons. The first-order chi connectivity index (χ1) is 9.47. The molecule has 0 aliphatic heterocycles. The molecule has 7 nitrogen and oxygen atoms in total. The number of amides is 1. The third-order valence-electron chi connectivity index (χ3n) is 2.62. The summed E-state index contributed by atoms with van der Waals surface area (Å²) < 4.78 is 1.51. The van der Waals surface area contributed by atoms with E-state index in [0.717, 1.165) is 11.3 Å². The maximum absolute atomic E-state index is 11.8. The van der Waals surface area contributed by atoms with Crippen LogP contribution >= 0.6 is 11.3 Å². The summed E-state index contributed by atoms with van der Waals surface area (Å²) in [4.78, 5) is 27.2. The molecule has 2 heterocycles. The van der Waals surface area contributed by atoms with Crippen LogP contribution in [0.5, 0.6) is 0 Å². The fourth-order valence-corrected chi connectivity index (χ4v) is 2.60. The van der Waals surface area contributed by atoms with Crippen molar-refractivity contribution >= 4 is 23.2 Å². The van der Waals surface area contributed by atoms with Gasteiger partial charge in [-0.1, -0.05) is 0 Å². The minimum atomic E-state index is -0.999. The molecule has 0 saturated heterocycles. The standard InChI is InChI=1S/C12H14N4O3S/c1-7-10(12(18)19)20-11(15-7)8(2)14-9(17)6-16-5-3-4-13-16/h3-5,8H,6H2,1-2H3,(H,14,17)(H,18,19). The minimum absolute atomic E-state index is 0.119. The largest absolute Gasteiger partial charge is 0.477 e. The number of aryl methyl sites for hydroxylation is 1. The molecule has 2 rings (SSSR count).